The van der Waals surface area contributed by atoms with Crippen LogP contribution in [-0.4, -0.2) is 17.4 Å². The van der Waals surface area contributed by atoms with Crippen LogP contribution in [0.5, 0.6) is 0 Å². The first-order chi connectivity index (χ1) is 11.4. The van der Waals surface area contributed by atoms with Crippen molar-refractivity contribution < 1.29 is 18.0 Å². The number of thiophene rings is 1. The van der Waals surface area contributed by atoms with Crippen LogP contribution >= 0.6 is 11.3 Å². The summed E-state index contributed by atoms with van der Waals surface area (Å²) in [6.07, 6.45) is -2.91. The number of nitrogens with zero attached hydrogens (tertiary/aromatic N) is 1. The van der Waals surface area contributed by atoms with Crippen LogP contribution in [0.25, 0.3) is 10.1 Å². The second-order valence-corrected chi connectivity index (χ2v) is 6.10. The SMILES string of the molecule is O=C(NCCc1csc2ccccc12)c1ccc(C(F)(F)F)nc1. The third-order valence-electron chi connectivity index (χ3n) is 3.56. The fraction of sp³-hybridized carbons (Fsp3) is 0.176. The van der Waals surface area contributed by atoms with Crippen molar-refractivity contribution in [3.05, 3.63) is 64.8 Å². The Labute approximate surface area is 140 Å². The summed E-state index contributed by atoms with van der Waals surface area (Å²) in [5, 5.41) is 5.92. The summed E-state index contributed by atoms with van der Waals surface area (Å²) in [5.74, 6) is -0.434. The smallest absolute Gasteiger partial charge is 0.352 e. The number of fused-ring (bicyclic) bond motifs is 1. The van der Waals surface area contributed by atoms with Gasteiger partial charge in [0.25, 0.3) is 5.91 Å². The van der Waals surface area contributed by atoms with Gasteiger partial charge in [-0.3, -0.25) is 9.78 Å². The average Bonchev–Trinajstić information content (AvgIpc) is 2.97. The first kappa shape index (κ1) is 16.4. The van der Waals surface area contributed by atoms with E-state index in [1.165, 1.54) is 4.70 Å². The zero-order valence-electron chi connectivity index (χ0n) is 12.4. The molecule has 0 aliphatic carbocycles. The summed E-state index contributed by atoms with van der Waals surface area (Å²) in [6, 6.07) is 9.94. The van der Waals surface area contributed by atoms with Gasteiger partial charge in [-0.1, -0.05) is 18.2 Å². The van der Waals surface area contributed by atoms with Crippen LogP contribution in [0.15, 0.2) is 48.0 Å². The van der Waals surface area contributed by atoms with E-state index in [9.17, 15) is 18.0 Å². The Kier molecular flexibility index (Phi) is 4.53. The van der Waals surface area contributed by atoms with Crippen LogP contribution in [0.1, 0.15) is 21.6 Å². The van der Waals surface area contributed by atoms with E-state index in [1.807, 2.05) is 24.3 Å². The van der Waals surface area contributed by atoms with Gasteiger partial charge in [0.15, 0.2) is 0 Å². The molecule has 3 nitrogen and oxygen atoms in total. The van der Waals surface area contributed by atoms with E-state index in [-0.39, 0.29) is 5.56 Å². The average molecular weight is 350 g/mol. The van der Waals surface area contributed by atoms with Gasteiger partial charge in [-0.05, 0) is 40.9 Å². The van der Waals surface area contributed by atoms with E-state index >= 15 is 0 Å². The van der Waals surface area contributed by atoms with Crippen molar-refractivity contribution in [2.75, 3.05) is 6.54 Å². The molecule has 0 saturated heterocycles. The fourth-order valence-electron chi connectivity index (χ4n) is 2.34. The molecule has 3 aromatic rings. The van der Waals surface area contributed by atoms with Gasteiger partial charge in [-0.15, -0.1) is 11.3 Å². The van der Waals surface area contributed by atoms with Gasteiger partial charge in [-0.25, -0.2) is 0 Å². The number of rotatable bonds is 4. The molecule has 0 radical (unpaired) electrons. The molecule has 1 N–H and O–H groups in total. The Bertz CT molecular complexity index is 856. The molecule has 124 valence electrons. The lowest BCUT2D eigenvalue weighted by atomic mass is 10.1. The minimum atomic E-state index is -4.50. The quantitative estimate of drug-likeness (QED) is 0.763. The minimum absolute atomic E-state index is 0.109. The molecule has 0 spiro atoms. The number of hydrogen-bond acceptors (Lipinski definition) is 3. The van der Waals surface area contributed by atoms with Gasteiger partial charge in [0, 0.05) is 17.4 Å². The number of carbonyl (C=O) groups is 1. The van der Waals surface area contributed by atoms with Crippen molar-refractivity contribution in [3.8, 4) is 0 Å². The number of carbonyl (C=O) groups excluding carboxylic acids is 1. The Hall–Kier alpha value is -2.41. The Morgan fingerprint density at radius 1 is 1.17 bits per heavy atom. The summed E-state index contributed by atoms with van der Waals surface area (Å²) < 4.78 is 38.5. The van der Waals surface area contributed by atoms with Crippen molar-refractivity contribution in [2.45, 2.75) is 12.6 Å². The standard InChI is InChI=1S/C17H13F3N2OS/c18-17(19,20)15-6-5-11(9-22-15)16(23)21-8-7-12-10-24-14-4-2-1-3-13(12)14/h1-6,9-10H,7-8H2,(H,21,23). The molecule has 7 heteroatoms. The Morgan fingerprint density at radius 2 is 1.96 bits per heavy atom. The number of nitrogens with one attached hydrogen (secondary N) is 1. The van der Waals surface area contributed by atoms with Crippen LogP contribution in [-0.2, 0) is 12.6 Å². The van der Waals surface area contributed by atoms with E-state index in [1.54, 1.807) is 11.3 Å². The van der Waals surface area contributed by atoms with Gasteiger partial charge in [-0.2, -0.15) is 13.2 Å². The van der Waals surface area contributed by atoms with Gasteiger partial charge in [0.2, 0.25) is 0 Å². The molecule has 0 aliphatic heterocycles. The van der Waals surface area contributed by atoms with Gasteiger partial charge >= 0.3 is 6.18 Å². The maximum Gasteiger partial charge on any atom is 0.433 e. The first-order valence-corrected chi connectivity index (χ1v) is 8.09. The molecule has 2 heterocycles. The van der Waals surface area contributed by atoms with Crippen LogP contribution < -0.4 is 5.32 Å². The lowest BCUT2D eigenvalue weighted by Gasteiger charge is -2.07. The van der Waals surface area contributed by atoms with E-state index in [4.69, 9.17) is 0 Å². The minimum Gasteiger partial charge on any atom is -0.352 e. The third kappa shape index (κ3) is 3.56. The zero-order valence-corrected chi connectivity index (χ0v) is 13.2. The normalized spacial score (nSPS) is 11.6. The molecule has 1 amide bonds. The van der Waals surface area contributed by atoms with Crippen LogP contribution in [0.2, 0.25) is 0 Å². The molecule has 0 atom stereocenters. The lowest BCUT2D eigenvalue weighted by Crippen LogP contribution is -2.26. The molecule has 24 heavy (non-hydrogen) atoms. The largest absolute Gasteiger partial charge is 0.433 e. The maximum absolute atomic E-state index is 12.4. The second-order valence-electron chi connectivity index (χ2n) is 5.19. The number of pyridine rings is 1. The highest BCUT2D eigenvalue weighted by molar-refractivity contribution is 7.17. The number of amides is 1. The number of aromatic nitrogens is 1. The van der Waals surface area contributed by atoms with E-state index in [0.29, 0.717) is 13.0 Å². The van der Waals surface area contributed by atoms with Crippen molar-refractivity contribution >= 4 is 27.3 Å². The molecule has 0 fully saturated rings. The predicted molar refractivity (Wildman–Crippen MR) is 87.1 cm³/mol. The van der Waals surface area contributed by atoms with Gasteiger partial charge < -0.3 is 5.32 Å². The second kappa shape index (κ2) is 6.60. The monoisotopic (exact) mass is 350 g/mol. The molecule has 0 unspecified atom stereocenters. The molecule has 2 aromatic heterocycles. The lowest BCUT2D eigenvalue weighted by molar-refractivity contribution is -0.141. The van der Waals surface area contributed by atoms with E-state index in [2.05, 4.69) is 15.7 Å². The Morgan fingerprint density at radius 3 is 2.67 bits per heavy atom. The molecule has 1 aromatic carbocycles. The van der Waals surface area contributed by atoms with Gasteiger partial charge in [0.1, 0.15) is 5.69 Å². The van der Waals surface area contributed by atoms with Crippen LogP contribution in [0.4, 0.5) is 13.2 Å². The zero-order chi connectivity index (χ0) is 17.2. The summed E-state index contributed by atoms with van der Waals surface area (Å²) >= 11 is 1.64. The molecule has 0 bridgehead atoms. The molecule has 3 rings (SSSR count). The van der Waals surface area contributed by atoms with Crippen molar-refractivity contribution in [1.29, 1.82) is 0 Å². The highest BCUT2D eigenvalue weighted by Crippen LogP contribution is 2.27. The summed E-state index contributed by atoms with van der Waals surface area (Å²) in [4.78, 5) is 15.3. The molecular formula is C17H13F3N2OS. The van der Waals surface area contributed by atoms with E-state index < -0.39 is 17.8 Å². The van der Waals surface area contributed by atoms with E-state index in [0.717, 1.165) is 29.3 Å². The Balaban J connectivity index is 1.59. The van der Waals surface area contributed by atoms with Crippen LogP contribution in [0.3, 0.4) is 0 Å². The van der Waals surface area contributed by atoms with Crippen molar-refractivity contribution in [2.24, 2.45) is 0 Å². The summed E-state index contributed by atoms with van der Waals surface area (Å²) in [6.45, 7) is 0.403. The first-order valence-electron chi connectivity index (χ1n) is 7.22. The number of benzene rings is 1. The third-order valence-corrected chi connectivity index (χ3v) is 4.57. The van der Waals surface area contributed by atoms with Crippen molar-refractivity contribution in [1.82, 2.24) is 10.3 Å². The van der Waals surface area contributed by atoms with Crippen molar-refractivity contribution in [3.63, 3.8) is 0 Å². The highest BCUT2D eigenvalue weighted by atomic mass is 32.1. The summed E-state index contributed by atoms with van der Waals surface area (Å²) in [7, 11) is 0. The maximum atomic E-state index is 12.4. The number of halogens is 3. The molecular weight excluding hydrogens is 337 g/mol. The predicted octanol–water partition coefficient (Wildman–Crippen LogP) is 4.29. The fourth-order valence-corrected chi connectivity index (χ4v) is 3.33. The van der Waals surface area contributed by atoms with Crippen LogP contribution in [0, 0.1) is 0 Å². The van der Waals surface area contributed by atoms with Gasteiger partial charge in [0.05, 0.1) is 5.56 Å². The summed E-state index contributed by atoms with van der Waals surface area (Å²) in [5.41, 5.74) is 0.239. The number of alkyl halides is 3. The topological polar surface area (TPSA) is 42.0 Å². The molecule has 0 saturated carbocycles. The number of hydrogen-bond donors (Lipinski definition) is 1. The highest BCUT2D eigenvalue weighted by Gasteiger charge is 2.32. The molecule has 0 aliphatic rings.